The molecule has 1 aromatic carbocycles. The molecule has 0 bridgehead atoms. The Balaban J connectivity index is 1.75. The Morgan fingerprint density at radius 1 is 1.23 bits per heavy atom. The number of benzene rings is 1. The van der Waals surface area contributed by atoms with E-state index in [0.29, 0.717) is 19.6 Å². The van der Waals surface area contributed by atoms with Crippen molar-refractivity contribution in [2.45, 2.75) is 32.0 Å². The number of rotatable bonds is 6. The number of nitrogens with zero attached hydrogens (tertiary/aromatic N) is 2. The van der Waals surface area contributed by atoms with E-state index in [0.717, 1.165) is 23.4 Å². The SMILES string of the molecule is COc1ccc(CN2CCN(CCC(=O)O)C3CS(=O)(=O)CC32)cc1C. The monoisotopic (exact) mass is 382 g/mol. The molecular formula is C18H26N2O5S. The standard InChI is InChI=1S/C18H26N2O5S/c1-13-9-14(3-4-17(13)25-2)10-20-8-7-19(6-5-18(21)22)15-11-26(23,24)12-16(15)20/h3-4,9,15-16H,5-8,10-12H2,1-2H3,(H,21,22). The molecule has 1 aromatic rings. The summed E-state index contributed by atoms with van der Waals surface area (Å²) in [5.41, 5.74) is 2.19. The minimum absolute atomic E-state index is 0.0426. The number of aliphatic carboxylic acids is 1. The van der Waals surface area contributed by atoms with Gasteiger partial charge in [-0.1, -0.05) is 12.1 Å². The normalized spacial score (nSPS) is 25.8. The number of hydrogen-bond donors (Lipinski definition) is 1. The molecule has 2 heterocycles. The van der Waals surface area contributed by atoms with Gasteiger partial charge in [0.25, 0.3) is 0 Å². The van der Waals surface area contributed by atoms with E-state index in [4.69, 9.17) is 9.84 Å². The molecule has 2 aliphatic heterocycles. The van der Waals surface area contributed by atoms with Crippen molar-refractivity contribution in [2.75, 3.05) is 38.2 Å². The highest BCUT2D eigenvalue weighted by Gasteiger charge is 2.46. The van der Waals surface area contributed by atoms with Gasteiger partial charge in [0.1, 0.15) is 5.75 Å². The third kappa shape index (κ3) is 4.19. The van der Waals surface area contributed by atoms with Gasteiger partial charge >= 0.3 is 5.97 Å². The molecule has 8 heteroatoms. The molecule has 2 unspecified atom stereocenters. The lowest BCUT2D eigenvalue weighted by Crippen LogP contribution is -2.58. The zero-order valence-corrected chi connectivity index (χ0v) is 16.0. The number of carboxylic acids is 1. The van der Waals surface area contributed by atoms with Crippen LogP contribution in [-0.4, -0.2) is 79.6 Å². The Hall–Kier alpha value is -1.64. The van der Waals surface area contributed by atoms with E-state index in [1.165, 1.54) is 0 Å². The number of sulfone groups is 1. The van der Waals surface area contributed by atoms with Crippen molar-refractivity contribution in [3.63, 3.8) is 0 Å². The smallest absolute Gasteiger partial charge is 0.304 e. The molecule has 0 aromatic heterocycles. The number of piperazine rings is 1. The molecule has 7 nitrogen and oxygen atoms in total. The minimum atomic E-state index is -3.10. The Kier molecular flexibility index (Phi) is 5.55. The zero-order chi connectivity index (χ0) is 18.9. The van der Waals surface area contributed by atoms with E-state index in [-0.39, 0.29) is 30.0 Å². The van der Waals surface area contributed by atoms with Gasteiger partial charge < -0.3 is 9.84 Å². The van der Waals surface area contributed by atoms with Crippen LogP contribution in [0, 0.1) is 6.92 Å². The summed E-state index contributed by atoms with van der Waals surface area (Å²) < 4.78 is 29.8. The number of hydrogen-bond acceptors (Lipinski definition) is 6. The van der Waals surface area contributed by atoms with E-state index in [1.54, 1.807) is 7.11 Å². The summed E-state index contributed by atoms with van der Waals surface area (Å²) in [7, 11) is -1.45. The number of methoxy groups -OCH3 is 1. The molecule has 0 amide bonds. The van der Waals surface area contributed by atoms with E-state index < -0.39 is 15.8 Å². The highest BCUT2D eigenvalue weighted by atomic mass is 32.2. The predicted octanol–water partition coefficient (Wildman–Crippen LogP) is 0.762. The second-order valence-corrected chi connectivity index (χ2v) is 9.32. The molecule has 0 spiro atoms. The van der Waals surface area contributed by atoms with Gasteiger partial charge in [-0.05, 0) is 24.1 Å². The first-order chi connectivity index (χ1) is 12.3. The quantitative estimate of drug-likeness (QED) is 0.777. The van der Waals surface area contributed by atoms with Gasteiger partial charge in [-0.2, -0.15) is 0 Å². The summed E-state index contributed by atoms with van der Waals surface area (Å²) in [5, 5.41) is 8.94. The molecular weight excluding hydrogens is 356 g/mol. The van der Waals surface area contributed by atoms with Crippen LogP contribution in [0.1, 0.15) is 17.5 Å². The van der Waals surface area contributed by atoms with Crippen LogP contribution in [0.3, 0.4) is 0 Å². The molecule has 3 rings (SSSR count). The van der Waals surface area contributed by atoms with Crippen molar-refractivity contribution in [1.82, 2.24) is 9.80 Å². The van der Waals surface area contributed by atoms with Crippen LogP contribution in [0.5, 0.6) is 5.75 Å². The fraction of sp³-hybridized carbons (Fsp3) is 0.611. The molecule has 2 atom stereocenters. The second kappa shape index (κ2) is 7.54. The number of fused-ring (bicyclic) bond motifs is 1. The van der Waals surface area contributed by atoms with Gasteiger partial charge in [-0.3, -0.25) is 14.6 Å². The van der Waals surface area contributed by atoms with Crippen molar-refractivity contribution >= 4 is 15.8 Å². The van der Waals surface area contributed by atoms with Gasteiger partial charge in [-0.25, -0.2) is 8.42 Å². The van der Waals surface area contributed by atoms with E-state index in [2.05, 4.69) is 11.0 Å². The summed E-state index contributed by atoms with van der Waals surface area (Å²) in [4.78, 5) is 15.2. The molecule has 0 saturated carbocycles. The Morgan fingerprint density at radius 2 is 1.88 bits per heavy atom. The average molecular weight is 382 g/mol. The highest BCUT2D eigenvalue weighted by Crippen LogP contribution is 2.29. The first-order valence-electron chi connectivity index (χ1n) is 8.83. The van der Waals surface area contributed by atoms with E-state index >= 15 is 0 Å². The van der Waals surface area contributed by atoms with Gasteiger partial charge in [-0.15, -0.1) is 0 Å². The minimum Gasteiger partial charge on any atom is -0.496 e. The molecule has 144 valence electrons. The fourth-order valence-corrected chi connectivity index (χ4v) is 6.13. The van der Waals surface area contributed by atoms with Crippen molar-refractivity contribution < 1.29 is 23.1 Å². The van der Waals surface area contributed by atoms with E-state index in [1.807, 2.05) is 24.0 Å². The summed E-state index contributed by atoms with van der Waals surface area (Å²) in [6.07, 6.45) is 0.0426. The van der Waals surface area contributed by atoms with Crippen molar-refractivity contribution in [1.29, 1.82) is 0 Å². The van der Waals surface area contributed by atoms with Gasteiger partial charge in [0, 0.05) is 38.3 Å². The summed E-state index contributed by atoms with van der Waals surface area (Å²) in [6.45, 7) is 4.52. The molecule has 2 fully saturated rings. The lowest BCUT2D eigenvalue weighted by Gasteiger charge is -2.44. The second-order valence-electron chi connectivity index (χ2n) is 7.17. The number of carbonyl (C=O) groups is 1. The van der Waals surface area contributed by atoms with Crippen LogP contribution in [-0.2, 0) is 21.2 Å². The lowest BCUT2D eigenvalue weighted by molar-refractivity contribution is -0.137. The van der Waals surface area contributed by atoms with Crippen LogP contribution in [0.15, 0.2) is 18.2 Å². The third-order valence-electron chi connectivity index (χ3n) is 5.36. The average Bonchev–Trinajstić information content (AvgIpc) is 2.90. The predicted molar refractivity (Wildman–Crippen MR) is 98.2 cm³/mol. The van der Waals surface area contributed by atoms with Crippen molar-refractivity contribution in [3.8, 4) is 5.75 Å². The number of aryl methyl sites for hydroxylation is 1. The first-order valence-corrected chi connectivity index (χ1v) is 10.6. The topological polar surface area (TPSA) is 87.2 Å². The maximum Gasteiger partial charge on any atom is 0.304 e. The first kappa shape index (κ1) is 19.1. The lowest BCUT2D eigenvalue weighted by atomic mass is 10.0. The maximum absolute atomic E-state index is 12.2. The number of ether oxygens (including phenoxy) is 1. The number of carboxylic acid groups (broad SMARTS) is 1. The maximum atomic E-state index is 12.2. The molecule has 1 N–H and O–H groups in total. The van der Waals surface area contributed by atoms with Crippen molar-refractivity contribution in [3.05, 3.63) is 29.3 Å². The summed E-state index contributed by atoms with van der Waals surface area (Å²) in [6, 6.07) is 5.84. The van der Waals surface area contributed by atoms with Crippen LogP contribution >= 0.6 is 0 Å². The zero-order valence-electron chi connectivity index (χ0n) is 15.2. The van der Waals surface area contributed by atoms with Crippen LogP contribution in [0.4, 0.5) is 0 Å². The Bertz CT molecular complexity index is 780. The van der Waals surface area contributed by atoms with Gasteiger partial charge in [0.05, 0.1) is 25.0 Å². The van der Waals surface area contributed by atoms with Gasteiger partial charge in [0.2, 0.25) is 0 Å². The molecule has 2 saturated heterocycles. The third-order valence-corrected chi connectivity index (χ3v) is 7.06. The summed E-state index contributed by atoms with van der Waals surface area (Å²) in [5.74, 6) is 0.262. The van der Waals surface area contributed by atoms with Crippen molar-refractivity contribution in [2.24, 2.45) is 0 Å². The molecule has 2 aliphatic rings. The largest absolute Gasteiger partial charge is 0.496 e. The van der Waals surface area contributed by atoms with Crippen LogP contribution in [0.25, 0.3) is 0 Å². The van der Waals surface area contributed by atoms with Crippen LogP contribution in [0.2, 0.25) is 0 Å². The highest BCUT2D eigenvalue weighted by molar-refractivity contribution is 7.91. The molecule has 0 aliphatic carbocycles. The molecule has 26 heavy (non-hydrogen) atoms. The summed E-state index contributed by atoms with van der Waals surface area (Å²) >= 11 is 0. The molecule has 0 radical (unpaired) electrons. The van der Waals surface area contributed by atoms with E-state index in [9.17, 15) is 13.2 Å². The van der Waals surface area contributed by atoms with Gasteiger partial charge in [0.15, 0.2) is 9.84 Å². The Labute approximate surface area is 154 Å². The Morgan fingerprint density at radius 3 is 2.50 bits per heavy atom. The van der Waals surface area contributed by atoms with Crippen LogP contribution < -0.4 is 4.74 Å². The fourth-order valence-electron chi connectivity index (χ4n) is 4.08.